The summed E-state index contributed by atoms with van der Waals surface area (Å²) < 4.78 is 1.93. The molecule has 0 unspecified atom stereocenters. The molecule has 25 heavy (non-hydrogen) atoms. The lowest BCUT2D eigenvalue weighted by molar-refractivity contribution is -0.121. The van der Waals surface area contributed by atoms with Gasteiger partial charge >= 0.3 is 0 Å². The Balaban J connectivity index is 1.31. The number of hydrogen-bond donors (Lipinski definition) is 2. The molecule has 1 saturated carbocycles. The molecule has 6 heteroatoms. The van der Waals surface area contributed by atoms with Crippen LogP contribution in [0.15, 0.2) is 30.6 Å². The van der Waals surface area contributed by atoms with Crippen molar-refractivity contribution in [3.8, 4) is 0 Å². The van der Waals surface area contributed by atoms with Crippen molar-refractivity contribution in [2.75, 3.05) is 6.54 Å². The van der Waals surface area contributed by atoms with E-state index in [1.54, 1.807) is 6.33 Å². The van der Waals surface area contributed by atoms with E-state index in [0.29, 0.717) is 12.5 Å². The van der Waals surface area contributed by atoms with Crippen molar-refractivity contribution < 1.29 is 4.79 Å². The van der Waals surface area contributed by atoms with Gasteiger partial charge in [0.1, 0.15) is 12.2 Å². The number of carbonyl (C=O) groups excluding carboxylic acids is 1. The number of fused-ring (bicyclic) bond motifs is 1. The lowest BCUT2D eigenvalue weighted by Crippen LogP contribution is -2.44. The predicted octanol–water partition coefficient (Wildman–Crippen LogP) is 1.76. The Bertz CT molecular complexity index is 735. The van der Waals surface area contributed by atoms with Gasteiger partial charge in [0.15, 0.2) is 0 Å². The first-order valence-corrected chi connectivity index (χ1v) is 9.15. The van der Waals surface area contributed by atoms with Gasteiger partial charge in [-0.05, 0) is 37.7 Å². The predicted molar refractivity (Wildman–Crippen MR) is 94.9 cm³/mol. The fourth-order valence-corrected chi connectivity index (χ4v) is 3.54. The first kappa shape index (κ1) is 16.3. The van der Waals surface area contributed by atoms with Crippen LogP contribution in [-0.4, -0.2) is 33.3 Å². The van der Waals surface area contributed by atoms with E-state index in [2.05, 4.69) is 51.9 Å². The van der Waals surface area contributed by atoms with Gasteiger partial charge < -0.3 is 10.6 Å². The summed E-state index contributed by atoms with van der Waals surface area (Å²) in [6, 6.07) is 8.93. The summed E-state index contributed by atoms with van der Waals surface area (Å²) in [5, 5.41) is 10.8. The maximum Gasteiger partial charge on any atom is 0.234 e. The molecule has 1 aromatic heterocycles. The topological polar surface area (TPSA) is 71.8 Å². The summed E-state index contributed by atoms with van der Waals surface area (Å²) in [5.41, 5.74) is 2.46. The lowest BCUT2D eigenvalue weighted by Gasteiger charge is -2.24. The molecule has 2 N–H and O–H groups in total. The second-order valence-corrected chi connectivity index (χ2v) is 7.27. The normalized spacial score (nSPS) is 20.8. The molecule has 0 bridgehead atoms. The fraction of sp³-hybridized carbons (Fsp3) is 0.526. The second-order valence-electron chi connectivity index (χ2n) is 7.27. The lowest BCUT2D eigenvalue weighted by atomic mass is 10.0. The molecule has 2 heterocycles. The number of nitrogens with zero attached hydrogens (tertiary/aromatic N) is 3. The van der Waals surface area contributed by atoms with Crippen molar-refractivity contribution >= 4 is 5.91 Å². The van der Waals surface area contributed by atoms with E-state index in [1.807, 2.05) is 4.68 Å². The Labute approximate surface area is 148 Å². The Kier molecular flexibility index (Phi) is 4.53. The molecule has 0 saturated heterocycles. The van der Waals surface area contributed by atoms with Gasteiger partial charge in [-0.1, -0.05) is 29.8 Å². The minimum Gasteiger partial charge on any atom is -0.348 e. The number of benzene rings is 1. The highest BCUT2D eigenvalue weighted by molar-refractivity contribution is 5.78. The Morgan fingerprint density at radius 2 is 2.08 bits per heavy atom. The maximum atomic E-state index is 12.5. The van der Waals surface area contributed by atoms with E-state index < -0.39 is 0 Å². The van der Waals surface area contributed by atoms with Crippen LogP contribution in [-0.2, 0) is 17.8 Å². The summed E-state index contributed by atoms with van der Waals surface area (Å²) >= 11 is 0. The highest BCUT2D eigenvalue weighted by Crippen LogP contribution is 2.40. The zero-order valence-electron chi connectivity index (χ0n) is 14.6. The third kappa shape index (κ3) is 3.90. The van der Waals surface area contributed by atoms with Crippen LogP contribution < -0.4 is 10.6 Å². The van der Waals surface area contributed by atoms with Crippen LogP contribution in [0.5, 0.6) is 0 Å². The molecule has 132 valence electrons. The number of aromatic nitrogens is 3. The monoisotopic (exact) mass is 339 g/mol. The molecule has 2 atom stereocenters. The van der Waals surface area contributed by atoms with Crippen LogP contribution in [0.1, 0.15) is 42.3 Å². The summed E-state index contributed by atoms with van der Waals surface area (Å²) in [6.45, 7) is 3.22. The Morgan fingerprint density at radius 1 is 1.28 bits per heavy atom. The largest absolute Gasteiger partial charge is 0.348 e. The first-order valence-electron chi connectivity index (χ1n) is 9.15. The second kappa shape index (κ2) is 6.96. The van der Waals surface area contributed by atoms with Crippen molar-refractivity contribution in [1.82, 2.24) is 25.4 Å². The minimum absolute atomic E-state index is 0.0712. The summed E-state index contributed by atoms with van der Waals surface area (Å²) in [6.07, 6.45) is 5.91. The SMILES string of the molecule is Cc1ccc([C@@H](NC(=O)CN[C@H]2CCc3ncnn3C2)C2CC2)cc1. The number of amides is 1. The smallest absolute Gasteiger partial charge is 0.234 e. The van der Waals surface area contributed by atoms with Gasteiger partial charge in [0.2, 0.25) is 5.91 Å². The highest BCUT2D eigenvalue weighted by atomic mass is 16.2. The maximum absolute atomic E-state index is 12.5. The van der Waals surface area contributed by atoms with E-state index in [1.165, 1.54) is 24.0 Å². The third-order valence-corrected chi connectivity index (χ3v) is 5.20. The molecule has 1 aromatic carbocycles. The van der Waals surface area contributed by atoms with Gasteiger partial charge in [-0.2, -0.15) is 5.10 Å². The third-order valence-electron chi connectivity index (χ3n) is 5.20. The molecule has 1 aliphatic carbocycles. The van der Waals surface area contributed by atoms with Crippen molar-refractivity contribution in [3.63, 3.8) is 0 Å². The van der Waals surface area contributed by atoms with E-state index in [4.69, 9.17) is 0 Å². The summed E-state index contributed by atoms with van der Waals surface area (Å²) in [4.78, 5) is 16.7. The molecule has 2 aliphatic rings. The standard InChI is InChI=1S/C19H25N5O/c1-13-2-4-14(5-3-13)19(15-6-7-15)23-18(25)10-20-16-8-9-17-21-12-22-24(17)11-16/h2-5,12,15-16,19-20H,6-11H2,1H3,(H,23,25)/t16-,19+/m0/s1. The molecule has 0 radical (unpaired) electrons. The average molecular weight is 339 g/mol. The van der Waals surface area contributed by atoms with Gasteiger partial charge in [0.05, 0.1) is 19.1 Å². The van der Waals surface area contributed by atoms with Crippen LogP contribution >= 0.6 is 0 Å². The van der Waals surface area contributed by atoms with Gasteiger partial charge in [0.25, 0.3) is 0 Å². The number of nitrogens with one attached hydrogen (secondary N) is 2. The van der Waals surface area contributed by atoms with E-state index >= 15 is 0 Å². The van der Waals surface area contributed by atoms with E-state index in [0.717, 1.165) is 25.2 Å². The fourth-order valence-electron chi connectivity index (χ4n) is 3.54. The first-order chi connectivity index (χ1) is 12.2. The minimum atomic E-state index is 0.0712. The molecule has 1 fully saturated rings. The van der Waals surface area contributed by atoms with Gasteiger partial charge in [-0.15, -0.1) is 0 Å². The van der Waals surface area contributed by atoms with Crippen molar-refractivity contribution in [1.29, 1.82) is 0 Å². The molecule has 1 amide bonds. The van der Waals surface area contributed by atoms with Crippen LogP contribution in [0.2, 0.25) is 0 Å². The number of carbonyl (C=O) groups is 1. The van der Waals surface area contributed by atoms with Crippen LogP contribution in [0.4, 0.5) is 0 Å². The van der Waals surface area contributed by atoms with Crippen LogP contribution in [0.25, 0.3) is 0 Å². The van der Waals surface area contributed by atoms with Crippen molar-refractivity contribution in [2.24, 2.45) is 5.92 Å². The van der Waals surface area contributed by atoms with E-state index in [9.17, 15) is 4.79 Å². The Hall–Kier alpha value is -2.21. The molecule has 2 aromatic rings. The van der Waals surface area contributed by atoms with Gasteiger partial charge in [-0.25, -0.2) is 9.67 Å². The van der Waals surface area contributed by atoms with Gasteiger partial charge in [-0.3, -0.25) is 4.79 Å². The van der Waals surface area contributed by atoms with Crippen LogP contribution in [0, 0.1) is 12.8 Å². The zero-order valence-corrected chi connectivity index (χ0v) is 14.6. The number of hydrogen-bond acceptors (Lipinski definition) is 4. The molecule has 1 aliphatic heterocycles. The molecule has 4 rings (SSSR count). The van der Waals surface area contributed by atoms with E-state index in [-0.39, 0.29) is 18.0 Å². The van der Waals surface area contributed by atoms with Gasteiger partial charge in [0, 0.05) is 12.5 Å². The average Bonchev–Trinajstić information content (AvgIpc) is 3.35. The zero-order chi connectivity index (χ0) is 17.2. The number of aryl methyl sites for hydroxylation is 2. The highest BCUT2D eigenvalue weighted by Gasteiger charge is 2.33. The van der Waals surface area contributed by atoms with Crippen molar-refractivity contribution in [2.45, 2.75) is 51.2 Å². The molecular formula is C19H25N5O. The number of rotatable bonds is 6. The molecular weight excluding hydrogens is 314 g/mol. The summed E-state index contributed by atoms with van der Waals surface area (Å²) in [7, 11) is 0. The Morgan fingerprint density at radius 3 is 2.84 bits per heavy atom. The quantitative estimate of drug-likeness (QED) is 0.841. The molecule has 0 spiro atoms. The van der Waals surface area contributed by atoms with Crippen molar-refractivity contribution in [3.05, 3.63) is 47.5 Å². The molecule has 6 nitrogen and oxygen atoms in total. The summed E-state index contributed by atoms with van der Waals surface area (Å²) in [5.74, 6) is 1.69. The van der Waals surface area contributed by atoms with Crippen LogP contribution in [0.3, 0.4) is 0 Å².